The van der Waals surface area contributed by atoms with Crippen LogP contribution in [-0.2, 0) is 19.1 Å². The molecule has 6 aliphatic carbocycles. The lowest BCUT2D eigenvalue weighted by molar-refractivity contribution is -0.630. The van der Waals surface area contributed by atoms with Gasteiger partial charge in [0.1, 0.15) is 0 Å². The summed E-state index contributed by atoms with van der Waals surface area (Å²) in [6.45, 7) is 0. The molecule has 6 rings (SSSR count). The second kappa shape index (κ2) is 1.71. The Labute approximate surface area is 92.3 Å². The topological polar surface area (TPSA) is 52.6 Å². The quantitative estimate of drug-likeness (QED) is 0.618. The molecule has 0 spiro atoms. The lowest BCUT2D eigenvalue weighted by atomic mass is 8.92. The van der Waals surface area contributed by atoms with Crippen LogP contribution in [-0.4, -0.2) is 26.2 Å². The molecule has 0 saturated heterocycles. The molecule has 84 valence electrons. The Morgan fingerprint density at radius 2 is 1.12 bits per heavy atom. The van der Waals surface area contributed by atoms with Crippen LogP contribution in [0.3, 0.4) is 0 Å². The Balaban J connectivity index is 1.66. The zero-order valence-corrected chi connectivity index (χ0v) is 9.10. The zero-order valence-electron chi connectivity index (χ0n) is 9.10. The molecule has 0 aromatic carbocycles. The summed E-state index contributed by atoms with van der Waals surface area (Å²) >= 11 is 0. The van der Waals surface area contributed by atoms with Crippen LogP contribution in [0.1, 0.15) is 0 Å². The van der Waals surface area contributed by atoms with Crippen LogP contribution >= 0.6 is 0 Å². The molecule has 4 atom stereocenters. The molecule has 0 heterocycles. The number of carbonyl (C=O) groups is 2. The van der Waals surface area contributed by atoms with Crippen LogP contribution in [0.2, 0.25) is 0 Å². The van der Waals surface area contributed by atoms with Gasteiger partial charge in [0.15, 0.2) is 0 Å². The maximum absolute atomic E-state index is 12.0. The van der Waals surface area contributed by atoms with Crippen LogP contribution in [0.25, 0.3) is 0 Å². The first-order chi connectivity index (χ1) is 7.70. The maximum Gasteiger partial charge on any atom is 0.313 e. The minimum absolute atomic E-state index is 0.158. The average Bonchev–Trinajstić information content (AvgIpc) is 2.36. The van der Waals surface area contributed by atoms with E-state index in [0.29, 0.717) is 23.7 Å². The van der Waals surface area contributed by atoms with Gasteiger partial charge in [-0.05, 0) is 35.5 Å². The van der Waals surface area contributed by atoms with Crippen LogP contribution in [0.4, 0.5) is 0 Å². The van der Waals surface area contributed by atoms with Crippen molar-refractivity contribution >= 4 is 11.9 Å². The molecule has 0 aromatic heterocycles. The number of hydrogen-bond acceptors (Lipinski definition) is 4. The Bertz CT molecular complexity index is 417. The summed E-state index contributed by atoms with van der Waals surface area (Å²) in [5.41, 5.74) is -0.882. The largest absolute Gasteiger partial charge is 0.469 e. The van der Waals surface area contributed by atoms with Gasteiger partial charge in [-0.1, -0.05) is 0 Å². The van der Waals surface area contributed by atoms with Crippen LogP contribution < -0.4 is 0 Å². The maximum atomic E-state index is 12.0. The summed E-state index contributed by atoms with van der Waals surface area (Å²) in [7, 11) is 2.85. The number of hydrogen-bond donors (Lipinski definition) is 0. The third-order valence-electron chi connectivity index (χ3n) is 6.71. The van der Waals surface area contributed by atoms with Gasteiger partial charge in [0.25, 0.3) is 0 Å². The van der Waals surface area contributed by atoms with Gasteiger partial charge in [-0.15, -0.1) is 0 Å². The summed E-state index contributed by atoms with van der Waals surface area (Å²) in [5.74, 6) is 3.02. The minimum Gasteiger partial charge on any atom is -0.469 e. The highest BCUT2D eigenvalue weighted by Gasteiger charge is 3.14. The Morgan fingerprint density at radius 1 is 0.812 bits per heavy atom. The normalized spacial score (nSPS) is 68.4. The molecule has 0 amide bonds. The molecule has 6 aliphatic rings. The molecule has 4 nitrogen and oxygen atoms in total. The van der Waals surface area contributed by atoms with E-state index in [0.717, 1.165) is 11.8 Å². The van der Waals surface area contributed by atoms with Gasteiger partial charge in [0.05, 0.1) is 25.0 Å². The second-order valence-corrected chi connectivity index (χ2v) is 5.98. The first kappa shape index (κ1) is 8.09. The molecule has 6 saturated carbocycles. The predicted octanol–water partition coefficient (Wildman–Crippen LogP) is 0.0704. The van der Waals surface area contributed by atoms with Gasteiger partial charge >= 0.3 is 11.9 Å². The molecule has 4 unspecified atom stereocenters. The fourth-order valence-electron chi connectivity index (χ4n) is 6.76. The summed E-state index contributed by atoms with van der Waals surface area (Å²) in [6, 6.07) is 0. The van der Waals surface area contributed by atoms with Crippen molar-refractivity contribution in [3.8, 4) is 0 Å². The van der Waals surface area contributed by atoms with Crippen molar-refractivity contribution in [1.29, 1.82) is 0 Å². The van der Waals surface area contributed by atoms with Gasteiger partial charge in [0, 0.05) is 0 Å². The van der Waals surface area contributed by atoms with E-state index in [-0.39, 0.29) is 11.9 Å². The Hall–Kier alpha value is -1.06. The molecule has 0 aromatic rings. The summed E-state index contributed by atoms with van der Waals surface area (Å²) in [6.07, 6.45) is 0. The highest BCUT2D eigenvalue weighted by molar-refractivity contribution is 6.01. The van der Waals surface area contributed by atoms with Crippen molar-refractivity contribution in [2.45, 2.75) is 0 Å². The summed E-state index contributed by atoms with van der Waals surface area (Å²) in [4.78, 5) is 24.0. The number of esters is 2. The van der Waals surface area contributed by atoms with E-state index in [2.05, 4.69) is 0 Å². The van der Waals surface area contributed by atoms with E-state index in [4.69, 9.17) is 9.47 Å². The molecular weight excluding hydrogens is 208 g/mol. The molecule has 0 aliphatic heterocycles. The minimum atomic E-state index is -0.441. The van der Waals surface area contributed by atoms with Gasteiger partial charge in [-0.25, -0.2) is 0 Å². The highest BCUT2D eigenvalue weighted by Crippen LogP contribution is 3.10. The smallest absolute Gasteiger partial charge is 0.313 e. The average molecular weight is 220 g/mol. The zero-order chi connectivity index (χ0) is 11.0. The van der Waals surface area contributed by atoms with Gasteiger partial charge < -0.3 is 9.47 Å². The highest BCUT2D eigenvalue weighted by atomic mass is 16.5. The van der Waals surface area contributed by atoms with Crippen molar-refractivity contribution in [3.63, 3.8) is 0 Å². The molecule has 16 heavy (non-hydrogen) atoms. The van der Waals surface area contributed by atoms with Crippen LogP contribution in [0.5, 0.6) is 0 Å². The monoisotopic (exact) mass is 220 g/mol. The van der Waals surface area contributed by atoms with E-state index in [9.17, 15) is 9.59 Å². The molecule has 6 fully saturated rings. The second-order valence-electron chi connectivity index (χ2n) is 5.98. The fraction of sp³-hybridized carbons (Fsp3) is 0.833. The first-order valence-corrected chi connectivity index (χ1v) is 5.87. The van der Waals surface area contributed by atoms with Crippen molar-refractivity contribution < 1.29 is 19.1 Å². The Kier molecular flexibility index (Phi) is 0.865. The van der Waals surface area contributed by atoms with Crippen molar-refractivity contribution in [2.24, 2.45) is 46.3 Å². The van der Waals surface area contributed by atoms with Gasteiger partial charge in [-0.2, -0.15) is 0 Å². The predicted molar refractivity (Wildman–Crippen MR) is 49.8 cm³/mol. The number of ether oxygens (including phenoxy) is 2. The van der Waals surface area contributed by atoms with Crippen molar-refractivity contribution in [2.75, 3.05) is 14.2 Å². The van der Waals surface area contributed by atoms with E-state index >= 15 is 0 Å². The van der Waals surface area contributed by atoms with Crippen LogP contribution in [0, 0.1) is 46.3 Å². The third kappa shape index (κ3) is 0.320. The lowest BCUT2D eigenvalue weighted by Crippen LogP contribution is -3.12. The molecule has 0 bridgehead atoms. The fourth-order valence-corrected chi connectivity index (χ4v) is 6.76. The van der Waals surface area contributed by atoms with Crippen molar-refractivity contribution in [3.05, 3.63) is 0 Å². The lowest BCUT2D eigenvalue weighted by Gasteiger charge is -3.08. The number of rotatable bonds is 2. The van der Waals surface area contributed by atoms with E-state index < -0.39 is 10.8 Å². The third-order valence-corrected chi connectivity index (χ3v) is 6.71. The summed E-state index contributed by atoms with van der Waals surface area (Å²) < 4.78 is 9.87. The van der Waals surface area contributed by atoms with Gasteiger partial charge in [-0.3, -0.25) is 9.59 Å². The first-order valence-electron chi connectivity index (χ1n) is 5.87. The van der Waals surface area contributed by atoms with Crippen molar-refractivity contribution in [1.82, 2.24) is 0 Å². The van der Waals surface area contributed by atoms with E-state index in [1.54, 1.807) is 0 Å². The van der Waals surface area contributed by atoms with E-state index in [1.807, 2.05) is 0 Å². The molecule has 4 heteroatoms. The Morgan fingerprint density at radius 3 is 1.38 bits per heavy atom. The standard InChI is InChI=1S/C12H12O4/c1-15-9(13)11-5-3-4-7(5)12(11,10(14)16-2)8(4)6(3)11/h3-8H,1-2H3. The SMILES string of the molecule is COC(=O)C12C3C4C5C3C1(C(=O)OC)C5C42. The molecule has 0 radical (unpaired) electrons. The molecular formula is C12H12O4. The van der Waals surface area contributed by atoms with Crippen LogP contribution in [0.15, 0.2) is 0 Å². The van der Waals surface area contributed by atoms with Gasteiger partial charge in [0.2, 0.25) is 0 Å². The number of carbonyl (C=O) groups excluding carboxylic acids is 2. The summed E-state index contributed by atoms with van der Waals surface area (Å²) in [5, 5.41) is 0. The molecule has 0 N–H and O–H groups in total. The number of methoxy groups -OCH3 is 2. The van der Waals surface area contributed by atoms with E-state index in [1.165, 1.54) is 14.2 Å².